The minimum absolute atomic E-state index is 0.129. The Bertz CT molecular complexity index is 759. The molecule has 2 aromatic carbocycles. The second-order valence-electron chi connectivity index (χ2n) is 6.20. The van der Waals surface area contributed by atoms with Crippen LogP contribution >= 0.6 is 0 Å². The lowest BCUT2D eigenvalue weighted by Crippen LogP contribution is -2.45. The van der Waals surface area contributed by atoms with Gasteiger partial charge in [-0.25, -0.2) is 4.39 Å². The van der Waals surface area contributed by atoms with Crippen LogP contribution in [0.1, 0.15) is 17.2 Å². The van der Waals surface area contributed by atoms with Crippen LogP contribution in [0.15, 0.2) is 42.5 Å². The summed E-state index contributed by atoms with van der Waals surface area (Å²) in [5.41, 5.74) is 1.60. The highest BCUT2D eigenvalue weighted by molar-refractivity contribution is 5.39. The van der Waals surface area contributed by atoms with Crippen molar-refractivity contribution in [3.05, 3.63) is 59.4 Å². The van der Waals surface area contributed by atoms with Gasteiger partial charge < -0.3 is 14.8 Å². The molecule has 0 amide bonds. The quantitative estimate of drug-likeness (QED) is 0.797. The first kappa shape index (κ1) is 19.4. The Morgan fingerprint density at radius 3 is 2.22 bits per heavy atom. The Morgan fingerprint density at radius 1 is 1.00 bits per heavy atom. The van der Waals surface area contributed by atoms with Crippen molar-refractivity contribution in [1.82, 2.24) is 10.2 Å². The van der Waals surface area contributed by atoms with Crippen molar-refractivity contribution in [2.45, 2.75) is 12.4 Å². The smallest absolute Gasteiger partial charge is 0.494 e. The van der Waals surface area contributed by atoms with Crippen molar-refractivity contribution in [3.8, 4) is 11.5 Å². The van der Waals surface area contributed by atoms with Crippen molar-refractivity contribution in [2.75, 3.05) is 33.3 Å². The molecule has 146 valence electrons. The van der Waals surface area contributed by atoms with Crippen molar-refractivity contribution < 1.29 is 27.0 Å². The molecule has 27 heavy (non-hydrogen) atoms. The number of halogens is 4. The molecule has 1 aliphatic rings. The summed E-state index contributed by atoms with van der Waals surface area (Å²) in [7, 11) is 1.39. The summed E-state index contributed by atoms with van der Waals surface area (Å²) >= 11 is 0. The van der Waals surface area contributed by atoms with Gasteiger partial charge in [-0.1, -0.05) is 18.2 Å². The zero-order valence-corrected chi connectivity index (χ0v) is 14.7. The highest BCUT2D eigenvalue weighted by Crippen LogP contribution is 2.33. The minimum Gasteiger partial charge on any atom is -0.494 e. The molecule has 1 saturated heterocycles. The number of benzene rings is 2. The Morgan fingerprint density at radius 2 is 1.63 bits per heavy atom. The lowest BCUT2D eigenvalue weighted by Gasteiger charge is -2.35. The van der Waals surface area contributed by atoms with E-state index in [0.717, 1.165) is 37.3 Å². The lowest BCUT2D eigenvalue weighted by atomic mass is 9.96. The normalized spacial score (nSPS) is 16.8. The van der Waals surface area contributed by atoms with Gasteiger partial charge in [-0.05, 0) is 35.4 Å². The SMILES string of the molecule is COc1cc([C@@H](c2ccc(OC(F)(F)F)cc2)N2CCNCC2)ccc1F. The Kier molecular flexibility index (Phi) is 5.86. The Balaban J connectivity index is 1.95. The van der Waals surface area contributed by atoms with E-state index in [4.69, 9.17) is 4.74 Å². The summed E-state index contributed by atoms with van der Waals surface area (Å²) in [5.74, 6) is -0.610. The molecule has 0 aromatic heterocycles. The van der Waals surface area contributed by atoms with Crippen LogP contribution in [0, 0.1) is 5.82 Å². The molecule has 0 unspecified atom stereocenters. The van der Waals surface area contributed by atoms with Crippen LogP contribution in [0.5, 0.6) is 11.5 Å². The van der Waals surface area contributed by atoms with Gasteiger partial charge in [-0.3, -0.25) is 4.90 Å². The van der Waals surface area contributed by atoms with E-state index in [1.165, 1.54) is 25.3 Å². The van der Waals surface area contributed by atoms with Crippen LogP contribution in [0.4, 0.5) is 17.6 Å². The fourth-order valence-electron chi connectivity index (χ4n) is 3.25. The summed E-state index contributed by atoms with van der Waals surface area (Å²) in [4.78, 5) is 2.20. The zero-order chi connectivity index (χ0) is 19.4. The summed E-state index contributed by atoms with van der Waals surface area (Å²) < 4.78 is 60.0. The van der Waals surface area contributed by atoms with Gasteiger partial charge in [-0.15, -0.1) is 13.2 Å². The summed E-state index contributed by atoms with van der Waals surface area (Å²) in [6.07, 6.45) is -4.73. The highest BCUT2D eigenvalue weighted by atomic mass is 19.4. The van der Waals surface area contributed by atoms with Crippen LogP contribution < -0.4 is 14.8 Å². The number of hydrogen-bond donors (Lipinski definition) is 1. The zero-order valence-electron chi connectivity index (χ0n) is 14.7. The molecular formula is C19H20F4N2O2. The first-order valence-corrected chi connectivity index (χ1v) is 8.51. The number of piperazine rings is 1. The highest BCUT2D eigenvalue weighted by Gasteiger charge is 2.31. The van der Waals surface area contributed by atoms with E-state index in [2.05, 4.69) is 15.0 Å². The second kappa shape index (κ2) is 8.14. The van der Waals surface area contributed by atoms with Gasteiger partial charge in [-0.2, -0.15) is 0 Å². The predicted molar refractivity (Wildman–Crippen MR) is 92.4 cm³/mol. The van der Waals surface area contributed by atoms with Crippen LogP contribution in [0.25, 0.3) is 0 Å². The third kappa shape index (κ3) is 4.90. The van der Waals surface area contributed by atoms with E-state index in [9.17, 15) is 17.6 Å². The summed E-state index contributed by atoms with van der Waals surface area (Å²) in [6, 6.07) is 10.2. The molecule has 8 heteroatoms. The second-order valence-corrected chi connectivity index (χ2v) is 6.20. The molecule has 0 saturated carbocycles. The molecule has 1 atom stereocenters. The molecule has 2 aromatic rings. The maximum atomic E-state index is 13.8. The fraction of sp³-hybridized carbons (Fsp3) is 0.368. The topological polar surface area (TPSA) is 33.7 Å². The first-order valence-electron chi connectivity index (χ1n) is 8.51. The summed E-state index contributed by atoms with van der Waals surface area (Å²) in [5, 5.41) is 3.27. The average molecular weight is 384 g/mol. The van der Waals surface area contributed by atoms with E-state index in [1.54, 1.807) is 24.3 Å². The van der Waals surface area contributed by atoms with Crippen molar-refractivity contribution >= 4 is 0 Å². The number of nitrogens with zero attached hydrogens (tertiary/aromatic N) is 1. The van der Waals surface area contributed by atoms with Crippen molar-refractivity contribution in [2.24, 2.45) is 0 Å². The number of methoxy groups -OCH3 is 1. The van der Waals surface area contributed by atoms with E-state index < -0.39 is 12.2 Å². The molecule has 0 aliphatic carbocycles. The van der Waals surface area contributed by atoms with Gasteiger partial charge in [0.15, 0.2) is 11.6 Å². The molecule has 4 nitrogen and oxygen atoms in total. The molecule has 1 heterocycles. The average Bonchev–Trinajstić information content (AvgIpc) is 2.64. The molecule has 3 rings (SSSR count). The minimum atomic E-state index is -4.73. The van der Waals surface area contributed by atoms with E-state index in [0.29, 0.717) is 0 Å². The first-order chi connectivity index (χ1) is 12.9. The number of ether oxygens (including phenoxy) is 2. The number of alkyl halides is 3. The van der Waals surface area contributed by atoms with Gasteiger partial charge in [0.25, 0.3) is 0 Å². The van der Waals surface area contributed by atoms with Crippen molar-refractivity contribution in [3.63, 3.8) is 0 Å². The number of rotatable bonds is 5. The maximum Gasteiger partial charge on any atom is 0.573 e. The van der Waals surface area contributed by atoms with Crippen LogP contribution in [-0.2, 0) is 0 Å². The predicted octanol–water partition coefficient (Wildman–Crippen LogP) is 3.73. The third-order valence-corrected chi connectivity index (χ3v) is 4.44. The number of hydrogen-bond acceptors (Lipinski definition) is 4. The third-order valence-electron chi connectivity index (χ3n) is 4.44. The van der Waals surface area contributed by atoms with E-state index in [-0.39, 0.29) is 17.5 Å². The summed E-state index contributed by atoms with van der Waals surface area (Å²) in [6.45, 7) is 3.10. The van der Waals surface area contributed by atoms with Crippen molar-refractivity contribution in [1.29, 1.82) is 0 Å². The largest absolute Gasteiger partial charge is 0.573 e. The molecular weight excluding hydrogens is 364 g/mol. The monoisotopic (exact) mass is 384 g/mol. The molecule has 1 N–H and O–H groups in total. The standard InChI is InChI=1S/C19H20F4N2O2/c1-26-17-12-14(4-7-16(17)20)18(25-10-8-24-9-11-25)13-2-5-15(6-3-13)27-19(21,22)23/h2-7,12,18,24H,8-11H2,1H3/t18-/m1/s1. The van der Waals surface area contributed by atoms with Gasteiger partial charge in [0.2, 0.25) is 0 Å². The van der Waals surface area contributed by atoms with E-state index >= 15 is 0 Å². The van der Waals surface area contributed by atoms with Crippen LogP contribution in [0.2, 0.25) is 0 Å². The maximum absolute atomic E-state index is 13.8. The van der Waals surface area contributed by atoms with Gasteiger partial charge in [0.1, 0.15) is 5.75 Å². The molecule has 1 aliphatic heterocycles. The molecule has 0 bridgehead atoms. The fourth-order valence-corrected chi connectivity index (χ4v) is 3.25. The van der Waals surface area contributed by atoms with E-state index in [1.807, 2.05) is 0 Å². The van der Waals surface area contributed by atoms with Crippen LogP contribution in [-0.4, -0.2) is 44.6 Å². The number of nitrogens with one attached hydrogen (secondary N) is 1. The molecule has 0 radical (unpaired) electrons. The molecule has 1 fully saturated rings. The lowest BCUT2D eigenvalue weighted by molar-refractivity contribution is -0.274. The Hall–Kier alpha value is -2.32. The van der Waals surface area contributed by atoms with Gasteiger partial charge in [0, 0.05) is 26.2 Å². The van der Waals surface area contributed by atoms with Gasteiger partial charge >= 0.3 is 6.36 Å². The Labute approximate surface area is 154 Å². The van der Waals surface area contributed by atoms with Crippen LogP contribution in [0.3, 0.4) is 0 Å². The molecule has 0 spiro atoms. The van der Waals surface area contributed by atoms with Gasteiger partial charge in [0.05, 0.1) is 13.2 Å².